The summed E-state index contributed by atoms with van der Waals surface area (Å²) in [5.41, 5.74) is 0.784. The van der Waals surface area contributed by atoms with E-state index in [1.807, 2.05) is 18.2 Å². The maximum Gasteiger partial charge on any atom is 0.252 e. The van der Waals surface area contributed by atoms with Crippen molar-refractivity contribution in [2.45, 2.75) is 43.7 Å². The van der Waals surface area contributed by atoms with E-state index in [1.54, 1.807) is 11.8 Å². The van der Waals surface area contributed by atoms with Crippen LogP contribution in [0, 0.1) is 5.92 Å². The van der Waals surface area contributed by atoms with Crippen LogP contribution in [0.1, 0.15) is 37.0 Å². The van der Waals surface area contributed by atoms with Crippen molar-refractivity contribution in [1.82, 2.24) is 15.1 Å². The zero-order valence-electron chi connectivity index (χ0n) is 17.5. The van der Waals surface area contributed by atoms with Crippen LogP contribution in [-0.4, -0.2) is 80.0 Å². The lowest BCUT2D eigenvalue weighted by molar-refractivity contribution is 0.0789. The summed E-state index contributed by atoms with van der Waals surface area (Å²) in [5, 5.41) is 3.22. The minimum atomic E-state index is 0.0372. The van der Waals surface area contributed by atoms with E-state index in [-0.39, 0.29) is 5.91 Å². The number of nitrogens with one attached hydrogen (secondary N) is 1. The third-order valence-electron chi connectivity index (χ3n) is 5.83. The number of amides is 1. The van der Waals surface area contributed by atoms with Crippen LogP contribution in [0.25, 0.3) is 0 Å². The molecule has 0 saturated carbocycles. The molecule has 0 unspecified atom stereocenters. The lowest BCUT2D eigenvalue weighted by atomic mass is 10.0. The number of likely N-dealkylation sites (N-methyl/N-ethyl adjacent to an activating group) is 1. The molecule has 5 nitrogen and oxygen atoms in total. The van der Waals surface area contributed by atoms with Gasteiger partial charge in [0.1, 0.15) is 0 Å². The van der Waals surface area contributed by atoms with E-state index >= 15 is 0 Å². The van der Waals surface area contributed by atoms with Crippen molar-refractivity contribution in [1.29, 1.82) is 0 Å². The number of piperazine rings is 1. The lowest BCUT2D eigenvalue weighted by Gasteiger charge is -2.40. The number of hydrogen-bond acceptors (Lipinski definition) is 5. The van der Waals surface area contributed by atoms with Gasteiger partial charge in [-0.25, -0.2) is 0 Å². The third-order valence-corrected chi connectivity index (χ3v) is 7.03. The van der Waals surface area contributed by atoms with E-state index in [4.69, 9.17) is 4.74 Å². The zero-order chi connectivity index (χ0) is 19.9. The van der Waals surface area contributed by atoms with E-state index in [1.165, 1.54) is 0 Å². The van der Waals surface area contributed by atoms with Gasteiger partial charge in [0.05, 0.1) is 11.7 Å². The number of ether oxygens (including phenoxy) is 1. The smallest absolute Gasteiger partial charge is 0.252 e. The maximum atomic E-state index is 12.9. The van der Waals surface area contributed by atoms with Crippen LogP contribution >= 0.6 is 11.8 Å². The summed E-state index contributed by atoms with van der Waals surface area (Å²) in [7, 11) is 2.18. The summed E-state index contributed by atoms with van der Waals surface area (Å²) in [6.07, 6.45) is 2.60. The Balaban J connectivity index is 1.57. The van der Waals surface area contributed by atoms with Crippen LogP contribution < -0.4 is 5.32 Å². The molecule has 2 aliphatic rings. The van der Waals surface area contributed by atoms with Gasteiger partial charge >= 0.3 is 0 Å². The normalized spacial score (nSPS) is 22.5. The summed E-state index contributed by atoms with van der Waals surface area (Å²) >= 11 is 1.74. The summed E-state index contributed by atoms with van der Waals surface area (Å²) in [6, 6.07) is 8.33. The van der Waals surface area contributed by atoms with Crippen molar-refractivity contribution in [2.75, 3.05) is 52.1 Å². The molecule has 2 saturated heterocycles. The summed E-state index contributed by atoms with van der Waals surface area (Å²) in [5.74, 6) is 1.46. The molecule has 2 heterocycles. The topological polar surface area (TPSA) is 44.8 Å². The van der Waals surface area contributed by atoms with Crippen LogP contribution in [0.5, 0.6) is 0 Å². The number of benzene rings is 1. The Kier molecular flexibility index (Phi) is 8.21. The van der Waals surface area contributed by atoms with E-state index < -0.39 is 0 Å². The van der Waals surface area contributed by atoms with Gasteiger partial charge in [0.15, 0.2) is 0 Å². The minimum Gasteiger partial charge on any atom is -0.377 e. The molecule has 1 N–H and O–H groups in total. The molecule has 1 aromatic carbocycles. The highest BCUT2D eigenvalue weighted by Gasteiger charge is 2.26. The number of rotatable bonds is 8. The van der Waals surface area contributed by atoms with Crippen LogP contribution in [-0.2, 0) is 4.74 Å². The fraction of sp³-hybridized carbons (Fsp3) is 0.682. The highest BCUT2D eigenvalue weighted by molar-refractivity contribution is 7.99. The molecule has 1 amide bonds. The van der Waals surface area contributed by atoms with E-state index in [0.717, 1.165) is 61.8 Å². The Morgan fingerprint density at radius 1 is 1.25 bits per heavy atom. The molecular formula is C22H35N3O2S. The summed E-state index contributed by atoms with van der Waals surface area (Å²) < 4.78 is 5.72. The predicted octanol–water partition coefficient (Wildman–Crippen LogP) is 2.96. The minimum absolute atomic E-state index is 0.0372. The van der Waals surface area contributed by atoms with Crippen LogP contribution in [0.2, 0.25) is 0 Å². The van der Waals surface area contributed by atoms with Crippen molar-refractivity contribution >= 4 is 17.7 Å². The molecule has 6 heteroatoms. The van der Waals surface area contributed by atoms with Crippen LogP contribution in [0.3, 0.4) is 0 Å². The monoisotopic (exact) mass is 405 g/mol. The van der Waals surface area contributed by atoms with Crippen LogP contribution in [0.4, 0.5) is 0 Å². The summed E-state index contributed by atoms with van der Waals surface area (Å²) in [6.45, 7) is 10.4. The van der Waals surface area contributed by atoms with E-state index in [2.05, 4.69) is 42.1 Å². The second-order valence-electron chi connectivity index (χ2n) is 8.30. The first-order chi connectivity index (χ1) is 13.5. The second kappa shape index (κ2) is 10.6. The third kappa shape index (κ3) is 5.96. The number of nitrogens with zero attached hydrogens (tertiary/aromatic N) is 2. The average Bonchev–Trinajstić information content (AvgIpc) is 3.21. The molecule has 0 radical (unpaired) electrons. The van der Waals surface area contributed by atoms with Crippen molar-refractivity contribution < 1.29 is 9.53 Å². The van der Waals surface area contributed by atoms with Gasteiger partial charge in [0, 0.05) is 56.0 Å². The predicted molar refractivity (Wildman–Crippen MR) is 116 cm³/mol. The largest absolute Gasteiger partial charge is 0.377 e. The SMILES string of the molecule is CC(C)[C@H](CNC(=O)c1ccccc1SC[C@H]1CCCO1)N1CCN(C)CC1. The lowest BCUT2D eigenvalue weighted by Crippen LogP contribution is -2.54. The standard InChI is InChI=1S/C22H35N3O2S/c1-17(2)20(25-12-10-24(3)11-13-25)15-23-22(26)19-8-4-5-9-21(19)28-16-18-7-6-14-27-18/h4-5,8-9,17-18,20H,6-7,10-16H2,1-3H3,(H,23,26)/t18-,20+/m1/s1. The van der Waals surface area contributed by atoms with Crippen molar-refractivity contribution in [3.8, 4) is 0 Å². The van der Waals surface area contributed by atoms with Gasteiger partial charge in [-0.2, -0.15) is 0 Å². The quantitative estimate of drug-likeness (QED) is 0.674. The van der Waals surface area contributed by atoms with Crippen LogP contribution in [0.15, 0.2) is 29.2 Å². The van der Waals surface area contributed by atoms with Gasteiger partial charge in [-0.15, -0.1) is 11.8 Å². The first-order valence-corrected chi connectivity index (χ1v) is 11.6. The second-order valence-corrected chi connectivity index (χ2v) is 9.36. The highest BCUT2D eigenvalue weighted by atomic mass is 32.2. The molecule has 2 atom stereocenters. The average molecular weight is 406 g/mol. The molecule has 28 heavy (non-hydrogen) atoms. The number of carbonyl (C=O) groups is 1. The van der Waals surface area contributed by atoms with Gasteiger partial charge in [-0.05, 0) is 37.9 Å². The Labute approximate surface area is 174 Å². The van der Waals surface area contributed by atoms with Crippen molar-refractivity contribution in [3.63, 3.8) is 0 Å². The Hall–Kier alpha value is -1.08. The van der Waals surface area contributed by atoms with Gasteiger partial charge in [0.25, 0.3) is 5.91 Å². The van der Waals surface area contributed by atoms with Gasteiger partial charge < -0.3 is 15.0 Å². The van der Waals surface area contributed by atoms with Gasteiger partial charge in [-0.3, -0.25) is 9.69 Å². The molecule has 0 bridgehead atoms. The molecular weight excluding hydrogens is 370 g/mol. The molecule has 2 aliphatic heterocycles. The summed E-state index contributed by atoms with van der Waals surface area (Å²) in [4.78, 5) is 18.9. The maximum absolute atomic E-state index is 12.9. The van der Waals surface area contributed by atoms with Gasteiger partial charge in [-0.1, -0.05) is 26.0 Å². The molecule has 2 fully saturated rings. The zero-order valence-corrected chi connectivity index (χ0v) is 18.3. The molecule has 156 valence electrons. The molecule has 0 aliphatic carbocycles. The fourth-order valence-electron chi connectivity index (χ4n) is 3.97. The van der Waals surface area contributed by atoms with Crippen molar-refractivity contribution in [2.24, 2.45) is 5.92 Å². The fourth-order valence-corrected chi connectivity index (χ4v) is 5.09. The molecule has 1 aromatic rings. The van der Waals surface area contributed by atoms with Crippen molar-refractivity contribution in [3.05, 3.63) is 29.8 Å². The van der Waals surface area contributed by atoms with Gasteiger partial charge in [0.2, 0.25) is 0 Å². The number of thioether (sulfide) groups is 1. The Morgan fingerprint density at radius 2 is 2.00 bits per heavy atom. The highest BCUT2D eigenvalue weighted by Crippen LogP contribution is 2.27. The Morgan fingerprint density at radius 3 is 2.68 bits per heavy atom. The van der Waals surface area contributed by atoms with E-state index in [9.17, 15) is 4.79 Å². The first kappa shape index (κ1) is 21.6. The number of carbonyl (C=O) groups excluding carboxylic acids is 1. The Bertz CT molecular complexity index is 626. The first-order valence-electron chi connectivity index (χ1n) is 10.6. The molecule has 0 aromatic heterocycles. The van der Waals surface area contributed by atoms with E-state index in [0.29, 0.717) is 24.6 Å². The molecule has 0 spiro atoms. The molecule has 3 rings (SSSR count). The number of hydrogen-bond donors (Lipinski definition) is 1.